The number of fused-ring (bicyclic) bond motifs is 1. The van der Waals surface area contributed by atoms with Gasteiger partial charge in [0, 0.05) is 31.1 Å². The SMILES string of the molecule is C[C@H]1Cc2noc(N3CCCCC3=O)c2CN1C(=O)Nc1ccccc1. The van der Waals surface area contributed by atoms with E-state index in [9.17, 15) is 9.59 Å². The van der Waals surface area contributed by atoms with Crippen LogP contribution in [0.5, 0.6) is 0 Å². The van der Waals surface area contributed by atoms with Crippen molar-refractivity contribution < 1.29 is 14.1 Å². The molecule has 26 heavy (non-hydrogen) atoms. The molecule has 1 saturated heterocycles. The van der Waals surface area contributed by atoms with Gasteiger partial charge in [-0.25, -0.2) is 4.79 Å². The Morgan fingerprint density at radius 2 is 2.08 bits per heavy atom. The van der Waals surface area contributed by atoms with Crippen molar-refractivity contribution in [3.8, 4) is 0 Å². The Morgan fingerprint density at radius 3 is 2.85 bits per heavy atom. The average Bonchev–Trinajstić information content (AvgIpc) is 3.04. The molecule has 7 heteroatoms. The third-order valence-corrected chi connectivity index (χ3v) is 5.05. The van der Waals surface area contributed by atoms with Crippen LogP contribution >= 0.6 is 0 Å². The minimum atomic E-state index is -0.161. The van der Waals surface area contributed by atoms with Gasteiger partial charge in [-0.3, -0.25) is 9.69 Å². The number of benzene rings is 1. The van der Waals surface area contributed by atoms with E-state index in [1.807, 2.05) is 37.3 Å². The molecule has 136 valence electrons. The highest BCUT2D eigenvalue weighted by atomic mass is 16.5. The zero-order valence-electron chi connectivity index (χ0n) is 14.8. The predicted molar refractivity (Wildman–Crippen MR) is 96.9 cm³/mol. The number of piperidine rings is 1. The molecule has 1 N–H and O–H groups in total. The fourth-order valence-electron chi connectivity index (χ4n) is 3.59. The van der Waals surface area contributed by atoms with Gasteiger partial charge in [-0.15, -0.1) is 0 Å². The first kappa shape index (κ1) is 16.6. The zero-order valence-corrected chi connectivity index (χ0v) is 14.8. The van der Waals surface area contributed by atoms with Crippen molar-refractivity contribution in [1.82, 2.24) is 10.1 Å². The van der Waals surface area contributed by atoms with E-state index in [0.29, 0.717) is 31.8 Å². The highest BCUT2D eigenvalue weighted by Gasteiger charge is 2.35. The number of urea groups is 1. The second kappa shape index (κ2) is 6.82. The van der Waals surface area contributed by atoms with Crippen LogP contribution in [0.4, 0.5) is 16.4 Å². The first-order valence-corrected chi connectivity index (χ1v) is 9.04. The van der Waals surface area contributed by atoms with E-state index in [-0.39, 0.29) is 18.0 Å². The molecule has 3 heterocycles. The molecule has 0 bridgehead atoms. The van der Waals surface area contributed by atoms with Crippen molar-refractivity contribution >= 4 is 23.5 Å². The first-order valence-electron chi connectivity index (χ1n) is 9.04. The fraction of sp³-hybridized carbons (Fsp3) is 0.421. The molecule has 0 spiro atoms. The molecule has 3 amide bonds. The predicted octanol–water partition coefficient (Wildman–Crippen LogP) is 3.17. The van der Waals surface area contributed by atoms with Gasteiger partial charge in [-0.05, 0) is 31.9 Å². The molecule has 1 aromatic carbocycles. The van der Waals surface area contributed by atoms with Gasteiger partial charge < -0.3 is 14.7 Å². The first-order chi connectivity index (χ1) is 12.6. The summed E-state index contributed by atoms with van der Waals surface area (Å²) in [7, 11) is 0. The van der Waals surface area contributed by atoms with E-state index >= 15 is 0 Å². The maximum Gasteiger partial charge on any atom is 0.322 e. The number of nitrogens with one attached hydrogen (secondary N) is 1. The van der Waals surface area contributed by atoms with E-state index in [4.69, 9.17) is 4.52 Å². The Balaban J connectivity index is 1.56. The monoisotopic (exact) mass is 354 g/mol. The number of rotatable bonds is 2. The number of hydrogen-bond acceptors (Lipinski definition) is 4. The Kier molecular flexibility index (Phi) is 4.36. The Morgan fingerprint density at radius 1 is 1.27 bits per heavy atom. The van der Waals surface area contributed by atoms with Crippen LogP contribution in [0, 0.1) is 0 Å². The molecule has 0 unspecified atom stereocenters. The number of carbonyl (C=O) groups excluding carboxylic acids is 2. The summed E-state index contributed by atoms with van der Waals surface area (Å²) >= 11 is 0. The Hall–Kier alpha value is -2.83. The number of hydrogen-bond donors (Lipinski definition) is 1. The van der Waals surface area contributed by atoms with Gasteiger partial charge in [0.25, 0.3) is 0 Å². The number of nitrogens with zero attached hydrogens (tertiary/aromatic N) is 3. The third-order valence-electron chi connectivity index (χ3n) is 5.05. The smallest absolute Gasteiger partial charge is 0.322 e. The number of para-hydroxylation sites is 1. The van der Waals surface area contributed by atoms with Crippen LogP contribution in [0.3, 0.4) is 0 Å². The number of amides is 3. The standard InChI is InChI=1S/C19H22N4O3/c1-13-11-16-15(18(26-21-16)22-10-6-5-9-17(22)24)12-23(13)19(25)20-14-7-3-2-4-8-14/h2-4,7-8,13H,5-6,9-12H2,1H3,(H,20,25)/t13-/m0/s1. The molecule has 1 aromatic heterocycles. The zero-order chi connectivity index (χ0) is 18.1. The summed E-state index contributed by atoms with van der Waals surface area (Å²) in [6.45, 7) is 3.03. The van der Waals surface area contributed by atoms with Gasteiger partial charge in [-0.1, -0.05) is 23.4 Å². The second-order valence-corrected chi connectivity index (χ2v) is 6.89. The van der Waals surface area contributed by atoms with Crippen molar-refractivity contribution in [2.75, 3.05) is 16.8 Å². The molecular formula is C19H22N4O3. The lowest BCUT2D eigenvalue weighted by Crippen LogP contribution is -2.45. The maximum absolute atomic E-state index is 12.7. The number of carbonyl (C=O) groups is 2. The molecule has 2 aliphatic rings. The Bertz CT molecular complexity index is 817. The molecular weight excluding hydrogens is 332 g/mol. The summed E-state index contributed by atoms with van der Waals surface area (Å²) in [5.74, 6) is 0.572. The lowest BCUT2D eigenvalue weighted by atomic mass is 10.0. The van der Waals surface area contributed by atoms with Crippen LogP contribution in [-0.2, 0) is 17.8 Å². The summed E-state index contributed by atoms with van der Waals surface area (Å²) in [5.41, 5.74) is 2.45. The number of anilines is 2. The lowest BCUT2D eigenvalue weighted by Gasteiger charge is -2.33. The van der Waals surface area contributed by atoms with E-state index in [1.165, 1.54) is 0 Å². The van der Waals surface area contributed by atoms with Crippen molar-refractivity contribution in [2.24, 2.45) is 0 Å². The van der Waals surface area contributed by atoms with Crippen LogP contribution in [0.15, 0.2) is 34.9 Å². The van der Waals surface area contributed by atoms with Crippen molar-refractivity contribution in [1.29, 1.82) is 0 Å². The largest absolute Gasteiger partial charge is 0.338 e. The minimum absolute atomic E-state index is 0.00113. The van der Waals surface area contributed by atoms with Crippen LogP contribution < -0.4 is 10.2 Å². The van der Waals surface area contributed by atoms with E-state index < -0.39 is 0 Å². The van der Waals surface area contributed by atoms with Gasteiger partial charge in [0.15, 0.2) is 0 Å². The molecule has 7 nitrogen and oxygen atoms in total. The molecule has 1 fully saturated rings. The molecule has 1 atom stereocenters. The van der Waals surface area contributed by atoms with Gasteiger partial charge in [-0.2, -0.15) is 0 Å². The van der Waals surface area contributed by atoms with E-state index in [2.05, 4.69) is 10.5 Å². The van der Waals surface area contributed by atoms with E-state index in [0.717, 1.165) is 29.8 Å². The van der Waals surface area contributed by atoms with Crippen LogP contribution in [0.25, 0.3) is 0 Å². The number of aromatic nitrogens is 1. The second-order valence-electron chi connectivity index (χ2n) is 6.89. The fourth-order valence-corrected chi connectivity index (χ4v) is 3.59. The normalized spacial score (nSPS) is 20.0. The average molecular weight is 354 g/mol. The highest BCUT2D eigenvalue weighted by Crippen LogP contribution is 2.33. The van der Waals surface area contributed by atoms with Crippen LogP contribution in [0.2, 0.25) is 0 Å². The van der Waals surface area contributed by atoms with Crippen molar-refractivity contribution in [3.05, 3.63) is 41.6 Å². The lowest BCUT2D eigenvalue weighted by molar-refractivity contribution is -0.119. The quantitative estimate of drug-likeness (QED) is 0.898. The molecule has 0 aliphatic carbocycles. The summed E-state index contributed by atoms with van der Waals surface area (Å²) in [5, 5.41) is 7.10. The summed E-state index contributed by atoms with van der Waals surface area (Å²) in [4.78, 5) is 28.4. The minimum Gasteiger partial charge on any atom is -0.338 e. The summed E-state index contributed by atoms with van der Waals surface area (Å²) < 4.78 is 5.52. The van der Waals surface area contributed by atoms with Gasteiger partial charge in [0.2, 0.25) is 11.8 Å². The summed E-state index contributed by atoms with van der Waals surface area (Å²) in [6, 6.07) is 9.23. The molecule has 2 aliphatic heterocycles. The van der Waals surface area contributed by atoms with Crippen LogP contribution in [-0.4, -0.2) is 34.6 Å². The van der Waals surface area contributed by atoms with Gasteiger partial charge in [0.1, 0.15) is 0 Å². The molecule has 2 aromatic rings. The highest BCUT2D eigenvalue weighted by molar-refractivity contribution is 5.94. The summed E-state index contributed by atoms with van der Waals surface area (Å²) in [6.07, 6.45) is 3.01. The van der Waals surface area contributed by atoms with Crippen molar-refractivity contribution in [3.63, 3.8) is 0 Å². The van der Waals surface area contributed by atoms with Gasteiger partial charge >= 0.3 is 6.03 Å². The van der Waals surface area contributed by atoms with Crippen molar-refractivity contribution in [2.45, 2.75) is 45.2 Å². The Labute approximate surface area is 151 Å². The molecule has 0 radical (unpaired) electrons. The third kappa shape index (κ3) is 3.05. The van der Waals surface area contributed by atoms with E-state index in [1.54, 1.807) is 9.80 Å². The molecule has 0 saturated carbocycles. The van der Waals surface area contributed by atoms with Crippen LogP contribution in [0.1, 0.15) is 37.4 Å². The molecule has 4 rings (SSSR count). The maximum atomic E-state index is 12.7. The van der Waals surface area contributed by atoms with Gasteiger partial charge in [0.05, 0.1) is 17.8 Å². The topological polar surface area (TPSA) is 78.7 Å².